The molecule has 0 aromatic heterocycles. The highest BCUT2D eigenvalue weighted by atomic mass is 79.9. The molecule has 0 saturated heterocycles. The number of carbonyl (C=O) groups excluding carboxylic acids is 2. The first-order chi connectivity index (χ1) is 9.90. The Labute approximate surface area is 137 Å². The van der Waals surface area contributed by atoms with E-state index in [2.05, 4.69) is 15.9 Å². The molecule has 0 saturated carbocycles. The van der Waals surface area contributed by atoms with Crippen molar-refractivity contribution in [3.8, 4) is 0 Å². The van der Waals surface area contributed by atoms with Crippen molar-refractivity contribution in [3.63, 3.8) is 0 Å². The third kappa shape index (κ3) is 4.86. The number of hydrogen-bond donors (Lipinski definition) is 0. The molecule has 1 rings (SSSR count). The first-order valence-electron chi connectivity index (χ1n) is 6.42. The van der Waals surface area contributed by atoms with Crippen LogP contribution in [-0.4, -0.2) is 25.2 Å². The van der Waals surface area contributed by atoms with Gasteiger partial charge < -0.3 is 9.47 Å². The molecule has 4 nitrogen and oxygen atoms in total. The summed E-state index contributed by atoms with van der Waals surface area (Å²) in [5, 5.41) is 0.277. The Morgan fingerprint density at radius 1 is 1.24 bits per heavy atom. The largest absolute Gasteiger partial charge is 0.463 e. The van der Waals surface area contributed by atoms with Crippen molar-refractivity contribution >= 4 is 45.5 Å². The Kier molecular flexibility index (Phi) is 6.92. The van der Waals surface area contributed by atoms with E-state index in [0.29, 0.717) is 22.2 Å². The average Bonchev–Trinajstić information content (AvgIpc) is 2.43. The van der Waals surface area contributed by atoms with Crippen LogP contribution in [0.3, 0.4) is 0 Å². The molecule has 0 heterocycles. The zero-order valence-corrected chi connectivity index (χ0v) is 14.4. The number of hydrogen-bond acceptors (Lipinski definition) is 4. The van der Waals surface area contributed by atoms with Crippen LogP contribution in [0, 0.1) is 0 Å². The van der Waals surface area contributed by atoms with Crippen LogP contribution in [0.15, 0.2) is 22.2 Å². The van der Waals surface area contributed by atoms with Gasteiger partial charge in [-0.1, -0.05) is 11.6 Å². The lowest BCUT2D eigenvalue weighted by molar-refractivity contribution is -0.138. The third-order valence-corrected chi connectivity index (χ3v) is 3.79. The van der Waals surface area contributed by atoms with E-state index < -0.39 is 11.9 Å². The monoisotopic (exact) mass is 374 g/mol. The lowest BCUT2D eigenvalue weighted by atomic mass is 10.1. The number of rotatable bonds is 5. The Bertz CT molecular complexity index is 581. The standard InChI is InChI=1S/C15H16BrClO4/c1-4-20-14(18)9(3)6-10-7-11(15(19)21-5-2)13(17)12(16)8-10/h6-8H,4-5H2,1-3H3. The van der Waals surface area contributed by atoms with Crippen LogP contribution in [0.2, 0.25) is 5.02 Å². The van der Waals surface area contributed by atoms with Crippen LogP contribution in [-0.2, 0) is 14.3 Å². The van der Waals surface area contributed by atoms with Gasteiger partial charge >= 0.3 is 11.9 Å². The van der Waals surface area contributed by atoms with Gasteiger partial charge in [-0.05, 0) is 60.5 Å². The lowest BCUT2D eigenvalue weighted by Gasteiger charge is -2.08. The molecular weight excluding hydrogens is 360 g/mol. The van der Waals surface area contributed by atoms with Crippen molar-refractivity contribution < 1.29 is 19.1 Å². The molecule has 0 aliphatic carbocycles. The SMILES string of the molecule is CCOC(=O)C(C)=Cc1cc(Br)c(Cl)c(C(=O)OCC)c1. The van der Waals surface area contributed by atoms with Gasteiger partial charge in [0, 0.05) is 10.0 Å². The highest BCUT2D eigenvalue weighted by Gasteiger charge is 2.15. The Morgan fingerprint density at radius 2 is 1.86 bits per heavy atom. The van der Waals surface area contributed by atoms with E-state index in [1.165, 1.54) is 0 Å². The summed E-state index contributed by atoms with van der Waals surface area (Å²) in [5.74, 6) is -0.909. The van der Waals surface area contributed by atoms with Crippen molar-refractivity contribution in [2.45, 2.75) is 20.8 Å². The quantitative estimate of drug-likeness (QED) is 0.570. The van der Waals surface area contributed by atoms with Crippen LogP contribution in [0.4, 0.5) is 0 Å². The molecule has 0 radical (unpaired) electrons. The second kappa shape index (κ2) is 8.20. The van der Waals surface area contributed by atoms with Crippen molar-refractivity contribution in [1.82, 2.24) is 0 Å². The predicted octanol–water partition coefficient (Wildman–Crippen LogP) is 4.25. The molecule has 0 aliphatic heterocycles. The maximum absolute atomic E-state index is 11.9. The van der Waals surface area contributed by atoms with Gasteiger partial charge in [-0.15, -0.1) is 0 Å². The van der Waals surface area contributed by atoms with E-state index in [0.717, 1.165) is 0 Å². The van der Waals surface area contributed by atoms with E-state index in [4.69, 9.17) is 21.1 Å². The van der Waals surface area contributed by atoms with Crippen molar-refractivity contribution in [1.29, 1.82) is 0 Å². The summed E-state index contributed by atoms with van der Waals surface area (Å²) in [4.78, 5) is 23.5. The normalized spacial score (nSPS) is 11.2. The van der Waals surface area contributed by atoms with Gasteiger partial charge in [0.2, 0.25) is 0 Å². The summed E-state index contributed by atoms with van der Waals surface area (Å²) >= 11 is 9.37. The van der Waals surface area contributed by atoms with Crippen molar-refractivity contribution in [3.05, 3.63) is 38.3 Å². The third-order valence-electron chi connectivity index (χ3n) is 2.53. The second-order valence-corrected chi connectivity index (χ2v) is 5.36. The highest BCUT2D eigenvalue weighted by molar-refractivity contribution is 9.10. The molecular formula is C15H16BrClO4. The molecule has 0 N–H and O–H groups in total. The first kappa shape index (κ1) is 17.7. The van der Waals surface area contributed by atoms with Gasteiger partial charge in [0.1, 0.15) is 0 Å². The maximum Gasteiger partial charge on any atom is 0.339 e. The molecule has 6 heteroatoms. The molecule has 0 amide bonds. The fraction of sp³-hybridized carbons (Fsp3) is 0.333. The van der Waals surface area contributed by atoms with E-state index in [1.807, 2.05) is 0 Å². The highest BCUT2D eigenvalue weighted by Crippen LogP contribution is 2.29. The van der Waals surface area contributed by atoms with Crippen LogP contribution in [0.5, 0.6) is 0 Å². The Morgan fingerprint density at radius 3 is 2.43 bits per heavy atom. The molecule has 0 atom stereocenters. The molecule has 114 valence electrons. The minimum absolute atomic E-state index is 0.246. The molecule has 0 fully saturated rings. The van der Waals surface area contributed by atoms with Crippen LogP contribution < -0.4 is 0 Å². The fourth-order valence-corrected chi connectivity index (χ4v) is 2.27. The molecule has 0 bridgehead atoms. The molecule has 21 heavy (non-hydrogen) atoms. The number of carbonyl (C=O) groups is 2. The summed E-state index contributed by atoms with van der Waals surface area (Å²) in [6, 6.07) is 3.29. The zero-order chi connectivity index (χ0) is 16.0. The van der Waals surface area contributed by atoms with Gasteiger partial charge in [-0.25, -0.2) is 9.59 Å². The van der Waals surface area contributed by atoms with E-state index in [9.17, 15) is 9.59 Å². The second-order valence-electron chi connectivity index (χ2n) is 4.13. The Balaban J connectivity index is 3.18. The van der Waals surface area contributed by atoms with E-state index >= 15 is 0 Å². The molecule has 0 spiro atoms. The van der Waals surface area contributed by atoms with Gasteiger partial charge in [-0.2, -0.15) is 0 Å². The van der Waals surface area contributed by atoms with Gasteiger partial charge in [0.05, 0.1) is 23.8 Å². The van der Waals surface area contributed by atoms with E-state index in [1.54, 1.807) is 39.0 Å². The predicted molar refractivity (Wildman–Crippen MR) is 85.4 cm³/mol. The number of ether oxygens (including phenoxy) is 2. The molecule has 1 aromatic carbocycles. The van der Waals surface area contributed by atoms with Crippen LogP contribution in [0.1, 0.15) is 36.7 Å². The Hall–Kier alpha value is -1.33. The van der Waals surface area contributed by atoms with E-state index in [-0.39, 0.29) is 17.2 Å². The number of halogens is 2. The minimum Gasteiger partial charge on any atom is -0.463 e. The van der Waals surface area contributed by atoms with Crippen molar-refractivity contribution in [2.24, 2.45) is 0 Å². The van der Waals surface area contributed by atoms with Crippen LogP contribution >= 0.6 is 27.5 Å². The number of esters is 2. The van der Waals surface area contributed by atoms with Crippen LogP contribution in [0.25, 0.3) is 6.08 Å². The summed E-state index contributed by atoms with van der Waals surface area (Å²) in [6.07, 6.45) is 1.63. The number of benzene rings is 1. The zero-order valence-electron chi connectivity index (χ0n) is 12.0. The summed E-state index contributed by atoms with van der Waals surface area (Å²) in [5.41, 5.74) is 1.33. The van der Waals surface area contributed by atoms with Gasteiger partial charge in [-0.3, -0.25) is 0 Å². The summed E-state index contributed by atoms with van der Waals surface area (Å²) < 4.78 is 10.4. The molecule has 1 aromatic rings. The molecule has 0 unspecified atom stereocenters. The minimum atomic E-state index is -0.507. The summed E-state index contributed by atoms with van der Waals surface area (Å²) in [7, 11) is 0. The maximum atomic E-state index is 11.9. The first-order valence-corrected chi connectivity index (χ1v) is 7.59. The lowest BCUT2D eigenvalue weighted by Crippen LogP contribution is -2.07. The van der Waals surface area contributed by atoms with Crippen molar-refractivity contribution in [2.75, 3.05) is 13.2 Å². The average molecular weight is 376 g/mol. The fourth-order valence-electron chi connectivity index (χ4n) is 1.60. The topological polar surface area (TPSA) is 52.6 Å². The molecule has 0 aliphatic rings. The smallest absolute Gasteiger partial charge is 0.339 e. The van der Waals surface area contributed by atoms with Gasteiger partial charge in [0.25, 0.3) is 0 Å². The summed E-state index contributed by atoms with van der Waals surface area (Å²) in [6.45, 7) is 5.67. The van der Waals surface area contributed by atoms with Gasteiger partial charge in [0.15, 0.2) is 0 Å².